The number of carboxylic acid groups (broad SMARTS) is 1. The third kappa shape index (κ3) is 14.6. The fourth-order valence-corrected chi connectivity index (χ4v) is 12.3. The SMILES string of the molecule is CC[C@H]1OC(=O)[C@H](C)[C@@H](O[C@H]2C[C@@](C)(OC)[C@@H](OC(=O)CCOCCOc3ccc4c(c3)c(=O)c(C(=O)O)cn4C3CC3)[C@H](C)O2)[C@H](C)[C@@H](O[C@@H]2O[C@H](C)C[C@H](N(C)C)[C@H]2O)[C@](C)(O)C[C@@H](C)CN(C)[C@H](C)[C@@H](OC)[C@]1(C)O. The van der Waals surface area contributed by atoms with Crippen LogP contribution in [0.2, 0.25) is 0 Å². The molecule has 3 aliphatic heterocycles. The van der Waals surface area contributed by atoms with E-state index in [1.165, 1.54) is 26.5 Å². The van der Waals surface area contributed by atoms with Crippen LogP contribution in [-0.2, 0) is 52.2 Å². The van der Waals surface area contributed by atoms with Crippen LogP contribution in [0.15, 0.2) is 29.2 Å². The normalized spacial score (nSPS) is 37.8. The Morgan fingerprint density at radius 2 is 1.60 bits per heavy atom. The summed E-state index contributed by atoms with van der Waals surface area (Å²) in [5.41, 5.74) is -4.67. The lowest BCUT2D eigenvalue weighted by atomic mass is 9.77. The van der Waals surface area contributed by atoms with Crippen LogP contribution in [-0.4, -0.2) is 205 Å². The molecule has 0 amide bonds. The van der Waals surface area contributed by atoms with Crippen LogP contribution >= 0.6 is 0 Å². The number of benzene rings is 1. The summed E-state index contributed by atoms with van der Waals surface area (Å²) in [4.78, 5) is 57.0. The molecule has 442 valence electrons. The molecule has 6 rings (SSSR count). The first-order valence-electron chi connectivity index (χ1n) is 27.8. The van der Waals surface area contributed by atoms with Gasteiger partial charge in [-0.1, -0.05) is 20.8 Å². The number of ether oxygens (including phenoxy) is 10. The number of nitrogens with zero attached hydrogens (tertiary/aromatic N) is 3. The highest BCUT2D eigenvalue weighted by atomic mass is 16.7. The van der Waals surface area contributed by atoms with Crippen molar-refractivity contribution in [2.24, 2.45) is 17.8 Å². The number of aromatic nitrogens is 1. The van der Waals surface area contributed by atoms with Crippen molar-refractivity contribution in [1.82, 2.24) is 14.4 Å². The molecule has 1 saturated carbocycles. The third-order valence-electron chi connectivity index (χ3n) is 16.8. The van der Waals surface area contributed by atoms with Crippen LogP contribution in [0.4, 0.5) is 0 Å². The Kier molecular flexibility index (Phi) is 21.4. The third-order valence-corrected chi connectivity index (χ3v) is 16.8. The second kappa shape index (κ2) is 26.4. The molecule has 0 spiro atoms. The van der Waals surface area contributed by atoms with Crippen molar-refractivity contribution in [3.05, 3.63) is 40.2 Å². The zero-order valence-corrected chi connectivity index (χ0v) is 48.7. The maximum atomic E-state index is 14.7. The average Bonchev–Trinajstić information content (AvgIpc) is 4.25. The van der Waals surface area contributed by atoms with Gasteiger partial charge in [0.05, 0.1) is 66.5 Å². The molecule has 21 nitrogen and oxygen atoms in total. The second-order valence-corrected chi connectivity index (χ2v) is 23.5. The highest BCUT2D eigenvalue weighted by molar-refractivity contribution is 5.93. The molecule has 18 atom stereocenters. The van der Waals surface area contributed by atoms with Crippen molar-refractivity contribution in [1.29, 1.82) is 0 Å². The van der Waals surface area contributed by atoms with Crippen LogP contribution in [0.25, 0.3) is 10.9 Å². The first-order valence-corrected chi connectivity index (χ1v) is 27.8. The van der Waals surface area contributed by atoms with Gasteiger partial charge in [0.2, 0.25) is 5.43 Å². The van der Waals surface area contributed by atoms with E-state index >= 15 is 0 Å². The van der Waals surface area contributed by atoms with E-state index in [0.29, 0.717) is 24.2 Å². The summed E-state index contributed by atoms with van der Waals surface area (Å²) >= 11 is 0. The van der Waals surface area contributed by atoms with Gasteiger partial charge in [-0.25, -0.2) is 4.79 Å². The molecular formula is C57H91N3O18. The fourth-order valence-electron chi connectivity index (χ4n) is 12.3. The molecule has 1 aromatic heterocycles. The summed E-state index contributed by atoms with van der Waals surface area (Å²) in [6.07, 6.45) is -5.20. The molecule has 4 aliphatic rings. The van der Waals surface area contributed by atoms with Crippen LogP contribution in [0, 0.1) is 17.8 Å². The first kappa shape index (κ1) is 63.3. The van der Waals surface area contributed by atoms with Crippen molar-refractivity contribution >= 4 is 28.8 Å². The lowest BCUT2D eigenvalue weighted by Crippen LogP contribution is -2.61. The summed E-state index contributed by atoms with van der Waals surface area (Å²) in [6, 6.07) is 4.48. The van der Waals surface area contributed by atoms with Crippen LogP contribution < -0.4 is 10.2 Å². The number of rotatable bonds is 18. The number of pyridine rings is 1. The molecule has 4 fully saturated rings. The lowest BCUT2D eigenvalue weighted by Gasteiger charge is -2.49. The van der Waals surface area contributed by atoms with Crippen molar-refractivity contribution in [2.45, 2.75) is 211 Å². The van der Waals surface area contributed by atoms with E-state index in [2.05, 4.69) is 4.90 Å². The second-order valence-electron chi connectivity index (χ2n) is 23.5. The van der Waals surface area contributed by atoms with Gasteiger partial charge in [-0.2, -0.15) is 0 Å². The zero-order chi connectivity index (χ0) is 57.8. The summed E-state index contributed by atoms with van der Waals surface area (Å²) < 4.78 is 64.4. The largest absolute Gasteiger partial charge is 0.491 e. The van der Waals surface area contributed by atoms with Gasteiger partial charge >= 0.3 is 17.9 Å². The van der Waals surface area contributed by atoms with Gasteiger partial charge in [-0.05, 0) is 126 Å². The maximum Gasteiger partial charge on any atom is 0.341 e. The summed E-state index contributed by atoms with van der Waals surface area (Å²) in [7, 11) is 8.69. The minimum Gasteiger partial charge on any atom is -0.491 e. The highest BCUT2D eigenvalue weighted by Crippen LogP contribution is 2.42. The molecule has 21 heteroatoms. The molecule has 1 aliphatic carbocycles. The van der Waals surface area contributed by atoms with Gasteiger partial charge in [-0.3, -0.25) is 14.4 Å². The van der Waals surface area contributed by atoms with Crippen molar-refractivity contribution in [3.63, 3.8) is 0 Å². The highest BCUT2D eigenvalue weighted by Gasteiger charge is 2.54. The van der Waals surface area contributed by atoms with E-state index in [9.17, 15) is 39.6 Å². The smallest absolute Gasteiger partial charge is 0.341 e. The number of carbonyl (C=O) groups is 3. The number of fused-ring (bicyclic) bond motifs is 1. The molecule has 0 unspecified atom stereocenters. The average molecular weight is 1110 g/mol. The number of aliphatic hydroxyl groups is 3. The number of hydrogen-bond acceptors (Lipinski definition) is 19. The number of cyclic esters (lactones) is 1. The van der Waals surface area contributed by atoms with E-state index in [-0.39, 0.29) is 86.6 Å². The predicted molar refractivity (Wildman–Crippen MR) is 287 cm³/mol. The Morgan fingerprint density at radius 3 is 2.22 bits per heavy atom. The lowest BCUT2D eigenvalue weighted by molar-refractivity contribution is -0.318. The summed E-state index contributed by atoms with van der Waals surface area (Å²) in [5.74, 6) is -4.23. The molecule has 0 radical (unpaired) electrons. The minimum atomic E-state index is -1.64. The van der Waals surface area contributed by atoms with E-state index < -0.39 is 107 Å². The minimum absolute atomic E-state index is 0.00146. The van der Waals surface area contributed by atoms with Crippen LogP contribution in [0.3, 0.4) is 0 Å². The molecule has 2 aromatic rings. The van der Waals surface area contributed by atoms with Crippen molar-refractivity contribution in [2.75, 3.05) is 61.7 Å². The van der Waals surface area contributed by atoms with Gasteiger partial charge in [0, 0.05) is 57.4 Å². The Bertz CT molecular complexity index is 2400. The molecule has 4 heterocycles. The topological polar surface area (TPSA) is 253 Å². The van der Waals surface area contributed by atoms with Gasteiger partial charge in [-0.15, -0.1) is 0 Å². The van der Waals surface area contributed by atoms with Gasteiger partial charge in [0.1, 0.15) is 47.4 Å². The van der Waals surface area contributed by atoms with E-state index in [1.807, 2.05) is 65.2 Å². The zero-order valence-electron chi connectivity index (χ0n) is 48.7. The molecule has 4 N–H and O–H groups in total. The van der Waals surface area contributed by atoms with Crippen LogP contribution in [0.1, 0.15) is 131 Å². The number of carbonyl (C=O) groups excluding carboxylic acids is 2. The Hall–Kier alpha value is -3.84. The van der Waals surface area contributed by atoms with Crippen molar-refractivity contribution in [3.8, 4) is 5.75 Å². The Labute approximate surface area is 460 Å². The first-order chi connectivity index (χ1) is 36.6. The number of carboxylic acids is 1. The molecule has 78 heavy (non-hydrogen) atoms. The fraction of sp³-hybridized carbons (Fsp3) is 0.789. The molecule has 0 bridgehead atoms. The molecule has 1 aromatic carbocycles. The summed E-state index contributed by atoms with van der Waals surface area (Å²) in [5, 5.41) is 46.8. The molecule has 3 saturated heterocycles. The van der Waals surface area contributed by atoms with E-state index in [4.69, 9.17) is 47.4 Å². The molecular weight excluding hydrogens is 1010 g/mol. The predicted octanol–water partition coefficient (Wildman–Crippen LogP) is 4.94. The van der Waals surface area contributed by atoms with Crippen molar-refractivity contribution < 1.29 is 82.2 Å². The maximum absolute atomic E-state index is 14.7. The summed E-state index contributed by atoms with van der Waals surface area (Å²) in [6.45, 7) is 18.6. The van der Waals surface area contributed by atoms with Crippen LogP contribution in [0.5, 0.6) is 5.75 Å². The van der Waals surface area contributed by atoms with E-state index in [0.717, 1.165) is 12.8 Å². The Balaban J connectivity index is 1.18. The number of aromatic carboxylic acids is 1. The van der Waals surface area contributed by atoms with Gasteiger partial charge < -0.3 is 82.2 Å². The standard InChI is InChI=1S/C57H91N3O18/c1-16-43-57(10,68)50(69-14)35(6)59(13)29-31(2)27-55(8,67)49(78-54-47(63)42(58(11)12)25-32(3)73-54)33(4)48(34(5)53(66)75-43)77-45-28-56(9,70-15)51(36(7)74-45)76-44(61)21-22-71-23-24-72-38-19-20-41-39(26-38)46(62)40(52(64)65)30-60(41)37-17-18-37/h19-20,26,30-37,42-43,45,47-51,54,63,67-68H,16-18,21-25,27-29H2,1-15H3,(H,64,65)/t31-,32-,33+,34-,35-,36+,42+,43-,45+,47-,48+,49-,50-,51+,54+,55-,56-,57-/m1/s1. The number of hydrogen-bond donors (Lipinski definition) is 4. The van der Waals surface area contributed by atoms with Gasteiger partial charge in [0.25, 0.3) is 0 Å². The monoisotopic (exact) mass is 1110 g/mol. The number of aliphatic hydroxyl groups excluding tert-OH is 1. The number of likely N-dealkylation sites (N-methyl/N-ethyl adjacent to an activating group) is 2. The quantitative estimate of drug-likeness (QED) is 0.114. The Morgan fingerprint density at radius 1 is 0.910 bits per heavy atom. The number of methoxy groups -OCH3 is 2. The van der Waals surface area contributed by atoms with E-state index in [1.54, 1.807) is 46.8 Å². The van der Waals surface area contributed by atoms with Gasteiger partial charge in [0.15, 0.2) is 18.7 Å². The number of esters is 2.